The number of hydrogen-bond acceptors (Lipinski definition) is 5. The molecule has 1 aliphatic rings. The van der Waals surface area contributed by atoms with E-state index in [1.807, 2.05) is 0 Å². The van der Waals surface area contributed by atoms with Crippen molar-refractivity contribution in [3.8, 4) is 0 Å². The van der Waals surface area contributed by atoms with Crippen molar-refractivity contribution in [3.05, 3.63) is 0 Å². The van der Waals surface area contributed by atoms with E-state index >= 15 is 0 Å². The van der Waals surface area contributed by atoms with Crippen molar-refractivity contribution in [3.63, 3.8) is 0 Å². The average molecular weight is 294 g/mol. The third-order valence-electron chi connectivity index (χ3n) is 3.25. The predicted molar refractivity (Wildman–Crippen MR) is 75.1 cm³/mol. The second-order valence-corrected chi connectivity index (χ2v) is 8.66. The van der Waals surface area contributed by atoms with E-state index in [4.69, 9.17) is 5.73 Å². The van der Waals surface area contributed by atoms with Crippen LogP contribution in [0.1, 0.15) is 20.8 Å². The van der Waals surface area contributed by atoms with Crippen molar-refractivity contribution in [2.75, 3.05) is 30.3 Å². The number of amides is 1. The van der Waals surface area contributed by atoms with Crippen LogP contribution in [0.2, 0.25) is 0 Å². The summed E-state index contributed by atoms with van der Waals surface area (Å²) in [6.45, 7) is 5.83. The minimum absolute atomic E-state index is 0.0606. The first kappa shape index (κ1) is 15.8. The predicted octanol–water partition coefficient (Wildman–Crippen LogP) is 0.308. The molecule has 1 fully saturated rings. The van der Waals surface area contributed by atoms with E-state index < -0.39 is 20.6 Å². The number of nitrogens with two attached hydrogens (primary N) is 1. The van der Waals surface area contributed by atoms with Crippen LogP contribution < -0.4 is 5.73 Å². The van der Waals surface area contributed by atoms with Gasteiger partial charge in [-0.25, -0.2) is 8.42 Å². The summed E-state index contributed by atoms with van der Waals surface area (Å²) in [4.78, 5) is 13.9. The topological polar surface area (TPSA) is 80.5 Å². The molecule has 0 saturated carbocycles. The average Bonchev–Trinajstić information content (AvgIpc) is 2.37. The van der Waals surface area contributed by atoms with Gasteiger partial charge < -0.3 is 10.6 Å². The molecule has 7 heteroatoms. The molecule has 106 valence electrons. The fourth-order valence-electron chi connectivity index (χ4n) is 1.78. The first-order valence-corrected chi connectivity index (χ1v) is 8.93. The van der Waals surface area contributed by atoms with Gasteiger partial charge in [-0.15, -0.1) is 0 Å². The number of nitrogens with zero attached hydrogens (tertiary/aromatic N) is 1. The highest BCUT2D eigenvalue weighted by molar-refractivity contribution is 8.01. The van der Waals surface area contributed by atoms with Crippen LogP contribution in [0.15, 0.2) is 0 Å². The number of sulfone groups is 1. The Kier molecular flexibility index (Phi) is 5.08. The lowest BCUT2D eigenvalue weighted by molar-refractivity contribution is -0.140. The number of carbonyl (C=O) groups excluding carboxylic acids is 1. The van der Waals surface area contributed by atoms with Gasteiger partial charge in [0.05, 0.1) is 5.41 Å². The summed E-state index contributed by atoms with van der Waals surface area (Å²) in [6.07, 6.45) is 0. The Labute approximate surface area is 113 Å². The molecular formula is C11H22N2O3S2. The van der Waals surface area contributed by atoms with E-state index in [9.17, 15) is 13.2 Å². The minimum atomic E-state index is -3.24. The number of thioether (sulfide) groups is 1. The van der Waals surface area contributed by atoms with Crippen molar-refractivity contribution in [1.82, 2.24) is 4.90 Å². The maximum absolute atomic E-state index is 12.4. The number of rotatable bonds is 4. The molecule has 0 aromatic heterocycles. The highest BCUT2D eigenvalue weighted by Gasteiger charge is 2.40. The maximum atomic E-state index is 12.4. The third kappa shape index (κ3) is 3.19. The van der Waals surface area contributed by atoms with Crippen molar-refractivity contribution < 1.29 is 13.2 Å². The van der Waals surface area contributed by atoms with Crippen LogP contribution in [0, 0.1) is 5.41 Å². The molecule has 2 N–H and O–H groups in total. The van der Waals surface area contributed by atoms with Crippen molar-refractivity contribution in [2.24, 2.45) is 11.1 Å². The molecule has 18 heavy (non-hydrogen) atoms. The van der Waals surface area contributed by atoms with Gasteiger partial charge in [-0.1, -0.05) is 6.92 Å². The molecule has 5 nitrogen and oxygen atoms in total. The molecule has 0 radical (unpaired) electrons. The van der Waals surface area contributed by atoms with Gasteiger partial charge in [0.1, 0.15) is 5.37 Å². The molecule has 0 aromatic carbocycles. The van der Waals surface area contributed by atoms with E-state index in [2.05, 4.69) is 0 Å². The van der Waals surface area contributed by atoms with Crippen LogP contribution >= 0.6 is 11.8 Å². The zero-order valence-electron chi connectivity index (χ0n) is 11.2. The maximum Gasteiger partial charge on any atom is 0.230 e. The van der Waals surface area contributed by atoms with Crippen LogP contribution in [0.3, 0.4) is 0 Å². The summed E-state index contributed by atoms with van der Waals surface area (Å²) in [5.74, 6) is 1.14. The second-order valence-electron chi connectivity index (χ2n) is 5.07. The van der Waals surface area contributed by atoms with Gasteiger partial charge in [-0.3, -0.25) is 4.79 Å². The highest BCUT2D eigenvalue weighted by Crippen LogP contribution is 2.26. The van der Waals surface area contributed by atoms with Crippen molar-refractivity contribution >= 4 is 27.5 Å². The van der Waals surface area contributed by atoms with Gasteiger partial charge >= 0.3 is 0 Å². The Morgan fingerprint density at radius 3 is 2.61 bits per heavy atom. The summed E-state index contributed by atoms with van der Waals surface area (Å²) < 4.78 is 24.1. The lowest BCUT2D eigenvalue weighted by Crippen LogP contribution is -2.55. The Hall–Kier alpha value is -0.270. The second kappa shape index (κ2) is 5.79. The Morgan fingerprint density at radius 2 is 2.11 bits per heavy atom. The first-order valence-electron chi connectivity index (χ1n) is 6.06. The lowest BCUT2D eigenvalue weighted by atomic mass is 9.92. The van der Waals surface area contributed by atoms with E-state index in [-0.39, 0.29) is 18.2 Å². The van der Waals surface area contributed by atoms with E-state index in [1.54, 1.807) is 32.5 Å². The first-order chi connectivity index (χ1) is 8.26. The van der Waals surface area contributed by atoms with E-state index in [0.717, 1.165) is 5.75 Å². The van der Waals surface area contributed by atoms with Gasteiger partial charge in [0.2, 0.25) is 5.91 Å². The Balaban J connectivity index is 3.01. The van der Waals surface area contributed by atoms with Crippen molar-refractivity contribution in [2.45, 2.75) is 26.1 Å². The largest absolute Gasteiger partial charge is 0.329 e. The number of carbonyl (C=O) groups is 1. The highest BCUT2D eigenvalue weighted by atomic mass is 32.2. The van der Waals surface area contributed by atoms with E-state index in [0.29, 0.717) is 12.3 Å². The smallest absolute Gasteiger partial charge is 0.230 e. The van der Waals surface area contributed by atoms with Crippen LogP contribution in [0.25, 0.3) is 0 Å². The normalized spacial score (nSPS) is 22.0. The van der Waals surface area contributed by atoms with Gasteiger partial charge in [0.15, 0.2) is 9.84 Å². The molecule has 1 unspecified atom stereocenters. The van der Waals surface area contributed by atoms with Crippen molar-refractivity contribution in [1.29, 1.82) is 0 Å². The van der Waals surface area contributed by atoms with Gasteiger partial charge in [-0.2, -0.15) is 11.8 Å². The van der Waals surface area contributed by atoms with Crippen LogP contribution in [0.5, 0.6) is 0 Å². The van der Waals surface area contributed by atoms with Crippen LogP contribution in [0.4, 0.5) is 0 Å². The quantitative estimate of drug-likeness (QED) is 0.807. The molecule has 0 spiro atoms. The lowest BCUT2D eigenvalue weighted by Gasteiger charge is -2.39. The summed E-state index contributed by atoms with van der Waals surface area (Å²) in [5.41, 5.74) is 4.89. The van der Waals surface area contributed by atoms with Gasteiger partial charge in [0.25, 0.3) is 0 Å². The molecule has 1 amide bonds. The fourth-order valence-corrected chi connectivity index (χ4v) is 4.75. The zero-order chi connectivity index (χ0) is 14.0. The molecular weight excluding hydrogens is 272 g/mol. The third-order valence-corrected chi connectivity index (χ3v) is 6.54. The molecule has 1 atom stereocenters. The van der Waals surface area contributed by atoms with Crippen LogP contribution in [-0.2, 0) is 14.6 Å². The summed E-state index contributed by atoms with van der Waals surface area (Å²) in [7, 11) is -3.24. The van der Waals surface area contributed by atoms with Gasteiger partial charge in [0, 0.05) is 30.3 Å². The Morgan fingerprint density at radius 1 is 1.50 bits per heavy atom. The summed E-state index contributed by atoms with van der Waals surface area (Å²) >= 11 is 1.58. The molecule has 1 saturated heterocycles. The van der Waals surface area contributed by atoms with E-state index in [1.165, 1.54) is 4.90 Å². The molecule has 1 rings (SSSR count). The van der Waals surface area contributed by atoms with Gasteiger partial charge in [-0.05, 0) is 13.8 Å². The SMILES string of the molecule is CCS(=O)(=O)C1CSCCN1C(=O)C(C)(C)CN. The minimum Gasteiger partial charge on any atom is -0.329 e. The molecule has 0 aromatic rings. The monoisotopic (exact) mass is 294 g/mol. The summed E-state index contributed by atoms with van der Waals surface area (Å²) in [6, 6.07) is 0. The molecule has 1 aliphatic heterocycles. The molecule has 0 aliphatic carbocycles. The Bertz CT molecular complexity index is 407. The molecule has 1 heterocycles. The molecule has 0 bridgehead atoms. The standard InChI is InChI=1S/C11H22N2O3S2/c1-4-18(15,16)9-7-17-6-5-13(9)10(14)11(2,3)8-12/h9H,4-8,12H2,1-3H3. The zero-order valence-corrected chi connectivity index (χ0v) is 12.8. The fraction of sp³-hybridized carbons (Fsp3) is 0.909. The number of hydrogen-bond donors (Lipinski definition) is 1. The summed E-state index contributed by atoms with van der Waals surface area (Å²) in [5, 5.41) is -0.695. The van der Waals surface area contributed by atoms with Crippen LogP contribution in [-0.4, -0.2) is 54.9 Å².